The summed E-state index contributed by atoms with van der Waals surface area (Å²) in [5.41, 5.74) is 4.45. The minimum atomic E-state index is 0.645. The van der Waals surface area contributed by atoms with Gasteiger partial charge in [0, 0.05) is 28.5 Å². The van der Waals surface area contributed by atoms with Crippen molar-refractivity contribution in [1.82, 2.24) is 9.97 Å². The van der Waals surface area contributed by atoms with Crippen LogP contribution in [0.5, 0.6) is 0 Å². The van der Waals surface area contributed by atoms with Gasteiger partial charge < -0.3 is 10.6 Å². The van der Waals surface area contributed by atoms with Crippen molar-refractivity contribution in [3.8, 4) is 0 Å². The molecule has 2 aromatic rings. The van der Waals surface area contributed by atoms with Gasteiger partial charge in [0.25, 0.3) is 0 Å². The molecule has 0 aliphatic heterocycles. The SMILES string of the molecule is CCNc1ncc(C)c(Nc2cc(C)c(Br)c(C)c2)n1. The zero-order valence-corrected chi connectivity index (χ0v) is 13.8. The van der Waals surface area contributed by atoms with Crippen molar-refractivity contribution in [1.29, 1.82) is 0 Å². The number of hydrogen-bond donors (Lipinski definition) is 2. The highest BCUT2D eigenvalue weighted by molar-refractivity contribution is 9.10. The Balaban J connectivity index is 2.32. The topological polar surface area (TPSA) is 49.8 Å². The predicted molar refractivity (Wildman–Crippen MR) is 87.8 cm³/mol. The van der Waals surface area contributed by atoms with Crippen molar-refractivity contribution < 1.29 is 0 Å². The maximum atomic E-state index is 4.49. The van der Waals surface area contributed by atoms with Gasteiger partial charge in [0.1, 0.15) is 5.82 Å². The molecule has 5 heteroatoms. The van der Waals surface area contributed by atoms with E-state index in [1.54, 1.807) is 0 Å². The molecule has 1 aromatic heterocycles. The number of nitrogens with one attached hydrogen (secondary N) is 2. The molecule has 0 bridgehead atoms. The van der Waals surface area contributed by atoms with Crippen molar-refractivity contribution in [2.45, 2.75) is 27.7 Å². The molecular formula is C15H19BrN4. The molecule has 20 heavy (non-hydrogen) atoms. The van der Waals surface area contributed by atoms with Gasteiger partial charge in [0.15, 0.2) is 0 Å². The molecule has 106 valence electrons. The van der Waals surface area contributed by atoms with Gasteiger partial charge in [-0.05, 0) is 51.0 Å². The standard InChI is InChI=1S/C15H19BrN4/c1-5-17-15-18-8-11(4)14(20-15)19-12-6-9(2)13(16)10(3)7-12/h6-8H,5H2,1-4H3,(H2,17,18,19,20). The van der Waals surface area contributed by atoms with Crippen LogP contribution in [0.15, 0.2) is 22.8 Å². The van der Waals surface area contributed by atoms with E-state index in [0.717, 1.165) is 28.1 Å². The maximum absolute atomic E-state index is 4.49. The summed E-state index contributed by atoms with van der Waals surface area (Å²) >= 11 is 3.58. The highest BCUT2D eigenvalue weighted by Crippen LogP contribution is 2.27. The van der Waals surface area contributed by atoms with Gasteiger partial charge in [-0.3, -0.25) is 0 Å². The molecule has 1 heterocycles. The van der Waals surface area contributed by atoms with Crippen LogP contribution < -0.4 is 10.6 Å². The van der Waals surface area contributed by atoms with E-state index < -0.39 is 0 Å². The summed E-state index contributed by atoms with van der Waals surface area (Å²) in [6, 6.07) is 4.21. The Morgan fingerprint density at radius 1 is 1.10 bits per heavy atom. The Morgan fingerprint density at radius 2 is 1.75 bits per heavy atom. The second kappa shape index (κ2) is 6.22. The summed E-state index contributed by atoms with van der Waals surface area (Å²) in [6.07, 6.45) is 1.83. The quantitative estimate of drug-likeness (QED) is 0.873. The molecule has 2 rings (SSSR count). The third kappa shape index (κ3) is 3.28. The Labute approximate surface area is 128 Å². The number of hydrogen-bond acceptors (Lipinski definition) is 4. The van der Waals surface area contributed by atoms with Crippen LogP contribution >= 0.6 is 15.9 Å². The second-order valence-corrected chi connectivity index (χ2v) is 5.60. The molecule has 4 nitrogen and oxygen atoms in total. The minimum Gasteiger partial charge on any atom is -0.354 e. The van der Waals surface area contributed by atoms with Crippen molar-refractivity contribution >= 4 is 33.4 Å². The lowest BCUT2D eigenvalue weighted by atomic mass is 10.1. The summed E-state index contributed by atoms with van der Waals surface area (Å²) in [5, 5.41) is 6.49. The van der Waals surface area contributed by atoms with Crippen LogP contribution in [0, 0.1) is 20.8 Å². The fourth-order valence-electron chi connectivity index (χ4n) is 1.97. The van der Waals surface area contributed by atoms with Gasteiger partial charge >= 0.3 is 0 Å². The number of nitrogens with zero attached hydrogens (tertiary/aromatic N) is 2. The molecule has 0 radical (unpaired) electrons. The number of aromatic nitrogens is 2. The molecule has 0 saturated carbocycles. The number of anilines is 3. The lowest BCUT2D eigenvalue weighted by Gasteiger charge is -2.12. The zero-order valence-electron chi connectivity index (χ0n) is 12.2. The fourth-order valence-corrected chi connectivity index (χ4v) is 2.20. The number of aryl methyl sites for hydroxylation is 3. The molecule has 0 fully saturated rings. The van der Waals surface area contributed by atoms with E-state index in [1.165, 1.54) is 11.1 Å². The molecule has 0 saturated heterocycles. The summed E-state index contributed by atoms with van der Waals surface area (Å²) in [7, 11) is 0. The van der Waals surface area contributed by atoms with Gasteiger partial charge in [-0.15, -0.1) is 0 Å². The minimum absolute atomic E-state index is 0.645. The first-order valence-electron chi connectivity index (χ1n) is 6.62. The third-order valence-corrected chi connectivity index (χ3v) is 4.26. The van der Waals surface area contributed by atoms with Crippen molar-refractivity contribution in [2.24, 2.45) is 0 Å². The van der Waals surface area contributed by atoms with Crippen LogP contribution in [0.1, 0.15) is 23.6 Å². The van der Waals surface area contributed by atoms with E-state index in [0.29, 0.717) is 5.95 Å². The highest BCUT2D eigenvalue weighted by Gasteiger charge is 2.06. The van der Waals surface area contributed by atoms with Gasteiger partial charge in [-0.1, -0.05) is 15.9 Å². The first-order chi connectivity index (χ1) is 9.51. The van der Waals surface area contributed by atoms with Gasteiger partial charge in [0.2, 0.25) is 5.95 Å². The van der Waals surface area contributed by atoms with Crippen LogP contribution in [0.3, 0.4) is 0 Å². The van der Waals surface area contributed by atoms with Crippen molar-refractivity contribution in [3.63, 3.8) is 0 Å². The number of benzene rings is 1. The smallest absolute Gasteiger partial charge is 0.224 e. The normalized spacial score (nSPS) is 10.4. The fraction of sp³-hybridized carbons (Fsp3) is 0.333. The molecule has 2 N–H and O–H groups in total. The summed E-state index contributed by atoms with van der Waals surface area (Å²) in [5.74, 6) is 1.48. The van der Waals surface area contributed by atoms with Gasteiger partial charge in [-0.25, -0.2) is 4.98 Å². The molecular weight excluding hydrogens is 316 g/mol. The third-order valence-electron chi connectivity index (χ3n) is 3.01. The lowest BCUT2D eigenvalue weighted by molar-refractivity contribution is 1.07. The number of rotatable bonds is 4. The monoisotopic (exact) mass is 334 g/mol. The van der Waals surface area contributed by atoms with Gasteiger partial charge in [-0.2, -0.15) is 4.98 Å². The van der Waals surface area contributed by atoms with Crippen molar-refractivity contribution in [3.05, 3.63) is 39.5 Å². The second-order valence-electron chi connectivity index (χ2n) is 4.80. The Hall–Kier alpha value is -1.62. The number of halogens is 1. The lowest BCUT2D eigenvalue weighted by Crippen LogP contribution is -2.05. The van der Waals surface area contributed by atoms with E-state index >= 15 is 0 Å². The summed E-state index contributed by atoms with van der Waals surface area (Å²) in [6.45, 7) is 8.99. The maximum Gasteiger partial charge on any atom is 0.224 e. The Morgan fingerprint density at radius 3 is 2.35 bits per heavy atom. The summed E-state index contributed by atoms with van der Waals surface area (Å²) in [4.78, 5) is 8.74. The van der Waals surface area contributed by atoms with Crippen LogP contribution in [0.4, 0.5) is 17.5 Å². The average molecular weight is 335 g/mol. The highest BCUT2D eigenvalue weighted by atomic mass is 79.9. The molecule has 0 aliphatic carbocycles. The van der Waals surface area contributed by atoms with E-state index in [2.05, 4.69) is 62.5 Å². The van der Waals surface area contributed by atoms with Crippen LogP contribution in [0.25, 0.3) is 0 Å². The molecule has 0 unspecified atom stereocenters. The van der Waals surface area contributed by atoms with E-state index in [1.807, 2.05) is 20.0 Å². The first kappa shape index (κ1) is 14.8. The predicted octanol–water partition coefficient (Wildman–Crippen LogP) is 4.34. The zero-order chi connectivity index (χ0) is 14.7. The molecule has 0 spiro atoms. The largest absolute Gasteiger partial charge is 0.354 e. The molecule has 0 atom stereocenters. The van der Waals surface area contributed by atoms with E-state index in [-0.39, 0.29) is 0 Å². The van der Waals surface area contributed by atoms with E-state index in [9.17, 15) is 0 Å². The molecule has 0 aliphatic rings. The molecule has 0 amide bonds. The van der Waals surface area contributed by atoms with Gasteiger partial charge in [0.05, 0.1) is 0 Å². The first-order valence-corrected chi connectivity index (χ1v) is 7.42. The van der Waals surface area contributed by atoms with Crippen LogP contribution in [-0.4, -0.2) is 16.5 Å². The average Bonchev–Trinajstić information content (AvgIpc) is 2.40. The molecule has 1 aromatic carbocycles. The van der Waals surface area contributed by atoms with Crippen LogP contribution in [-0.2, 0) is 0 Å². The summed E-state index contributed by atoms with van der Waals surface area (Å²) < 4.78 is 1.15. The Kier molecular flexibility index (Phi) is 4.60. The van der Waals surface area contributed by atoms with Crippen LogP contribution in [0.2, 0.25) is 0 Å². The Bertz CT molecular complexity index is 602. The van der Waals surface area contributed by atoms with E-state index in [4.69, 9.17) is 0 Å². The van der Waals surface area contributed by atoms with Crippen molar-refractivity contribution in [2.75, 3.05) is 17.2 Å².